The van der Waals surface area contributed by atoms with Gasteiger partial charge in [0.1, 0.15) is 11.6 Å². The molecule has 1 fully saturated rings. The molecule has 0 saturated carbocycles. The Morgan fingerprint density at radius 1 is 1.12 bits per heavy atom. The van der Waals surface area contributed by atoms with Crippen molar-refractivity contribution >= 4 is 17.4 Å². The number of aliphatic hydroxyl groups is 1. The van der Waals surface area contributed by atoms with Gasteiger partial charge in [-0.3, -0.25) is 9.59 Å². The van der Waals surface area contributed by atoms with E-state index < -0.39 is 23.5 Å². The van der Waals surface area contributed by atoms with Crippen LogP contribution in [0.3, 0.4) is 0 Å². The number of aliphatic hydroxyl groups excluding tert-OH is 1. The predicted molar refractivity (Wildman–Crippen MR) is 96.7 cm³/mol. The monoisotopic (exact) mass is 353 g/mol. The van der Waals surface area contributed by atoms with Crippen molar-refractivity contribution in [3.8, 4) is 0 Å². The van der Waals surface area contributed by atoms with Gasteiger partial charge in [0.2, 0.25) is 0 Å². The van der Waals surface area contributed by atoms with E-state index in [4.69, 9.17) is 0 Å². The van der Waals surface area contributed by atoms with Crippen LogP contribution >= 0.6 is 0 Å². The zero-order valence-corrected chi connectivity index (χ0v) is 14.6. The van der Waals surface area contributed by atoms with E-state index in [1.165, 1.54) is 23.1 Å². The van der Waals surface area contributed by atoms with Crippen LogP contribution in [0, 0.1) is 11.7 Å². The number of hydrogen-bond donors (Lipinski definition) is 1. The lowest BCUT2D eigenvalue weighted by Gasteiger charge is -2.26. The third-order valence-corrected chi connectivity index (χ3v) is 4.31. The molecular weight excluding hydrogens is 333 g/mol. The van der Waals surface area contributed by atoms with Crippen LogP contribution in [0.25, 0.3) is 5.76 Å². The Bertz CT molecular complexity index is 874. The van der Waals surface area contributed by atoms with Crippen molar-refractivity contribution in [2.24, 2.45) is 5.92 Å². The first-order valence-corrected chi connectivity index (χ1v) is 8.49. The van der Waals surface area contributed by atoms with Crippen LogP contribution < -0.4 is 0 Å². The first-order valence-electron chi connectivity index (χ1n) is 8.49. The van der Waals surface area contributed by atoms with Crippen molar-refractivity contribution in [1.29, 1.82) is 0 Å². The SMILES string of the molecule is CC(C)CN1C(=O)C(=O)C(=C(O)c2ccccc2)[C@H]1c1cccc(F)c1. The van der Waals surface area contributed by atoms with E-state index in [2.05, 4.69) is 0 Å². The fourth-order valence-corrected chi connectivity index (χ4v) is 3.24. The van der Waals surface area contributed by atoms with Gasteiger partial charge in [-0.25, -0.2) is 4.39 Å². The molecular formula is C21H20FNO3. The average molecular weight is 353 g/mol. The molecule has 4 nitrogen and oxygen atoms in total. The van der Waals surface area contributed by atoms with Crippen molar-refractivity contribution in [2.45, 2.75) is 19.9 Å². The zero-order valence-electron chi connectivity index (χ0n) is 14.6. The molecule has 0 aliphatic carbocycles. The average Bonchev–Trinajstić information content (AvgIpc) is 2.86. The van der Waals surface area contributed by atoms with Gasteiger partial charge in [0.05, 0.1) is 11.6 Å². The number of carbonyl (C=O) groups excluding carboxylic acids is 2. The molecule has 26 heavy (non-hydrogen) atoms. The van der Waals surface area contributed by atoms with Crippen molar-refractivity contribution < 1.29 is 19.1 Å². The second kappa shape index (κ2) is 7.12. The summed E-state index contributed by atoms with van der Waals surface area (Å²) in [4.78, 5) is 26.7. The van der Waals surface area contributed by atoms with Gasteiger partial charge >= 0.3 is 0 Å². The molecule has 1 N–H and O–H groups in total. The number of Topliss-reactive ketones (excluding diaryl/α,β-unsaturated/α-hetero) is 1. The molecule has 1 heterocycles. The van der Waals surface area contributed by atoms with E-state index in [1.54, 1.807) is 36.4 Å². The van der Waals surface area contributed by atoms with Crippen LogP contribution in [0.2, 0.25) is 0 Å². The fraction of sp³-hybridized carbons (Fsp3) is 0.238. The minimum absolute atomic E-state index is 0.00699. The lowest BCUT2D eigenvalue weighted by atomic mass is 9.95. The maximum absolute atomic E-state index is 13.8. The molecule has 1 atom stereocenters. The second-order valence-corrected chi connectivity index (χ2v) is 6.77. The molecule has 3 rings (SSSR count). The van der Waals surface area contributed by atoms with Gasteiger partial charge in [0, 0.05) is 12.1 Å². The summed E-state index contributed by atoms with van der Waals surface area (Å²) in [6.45, 7) is 4.19. The maximum Gasteiger partial charge on any atom is 0.295 e. The van der Waals surface area contributed by atoms with E-state index in [0.717, 1.165) is 0 Å². The third-order valence-electron chi connectivity index (χ3n) is 4.31. The van der Waals surface area contributed by atoms with Gasteiger partial charge in [-0.05, 0) is 23.6 Å². The predicted octanol–water partition coefficient (Wildman–Crippen LogP) is 3.90. The number of benzene rings is 2. The quantitative estimate of drug-likeness (QED) is 0.515. The highest BCUT2D eigenvalue weighted by Crippen LogP contribution is 2.39. The summed E-state index contributed by atoms with van der Waals surface area (Å²) in [7, 11) is 0. The number of halogens is 1. The molecule has 1 saturated heterocycles. The highest BCUT2D eigenvalue weighted by atomic mass is 19.1. The summed E-state index contributed by atoms with van der Waals surface area (Å²) in [5, 5.41) is 10.7. The van der Waals surface area contributed by atoms with Crippen LogP contribution in [0.15, 0.2) is 60.2 Å². The molecule has 0 bridgehead atoms. The van der Waals surface area contributed by atoms with Gasteiger partial charge in [-0.15, -0.1) is 0 Å². The summed E-state index contributed by atoms with van der Waals surface area (Å²) in [5.74, 6) is -2.02. The highest BCUT2D eigenvalue weighted by molar-refractivity contribution is 6.46. The van der Waals surface area contributed by atoms with Crippen LogP contribution in [-0.4, -0.2) is 28.2 Å². The Balaban J connectivity index is 2.20. The van der Waals surface area contributed by atoms with E-state index in [0.29, 0.717) is 17.7 Å². The molecule has 2 aromatic rings. The number of nitrogens with zero attached hydrogens (tertiary/aromatic N) is 1. The van der Waals surface area contributed by atoms with Gasteiger partial charge in [0.25, 0.3) is 11.7 Å². The van der Waals surface area contributed by atoms with Crippen LogP contribution in [0.5, 0.6) is 0 Å². The molecule has 1 aliphatic heterocycles. The number of ketones is 1. The summed E-state index contributed by atoms with van der Waals surface area (Å²) in [5.41, 5.74) is 0.895. The van der Waals surface area contributed by atoms with Crippen molar-refractivity contribution in [2.75, 3.05) is 6.54 Å². The second-order valence-electron chi connectivity index (χ2n) is 6.77. The number of carbonyl (C=O) groups is 2. The first kappa shape index (κ1) is 17.9. The van der Waals surface area contributed by atoms with E-state index in [9.17, 15) is 19.1 Å². The minimum Gasteiger partial charge on any atom is -0.507 e. The van der Waals surface area contributed by atoms with E-state index in [1.807, 2.05) is 13.8 Å². The van der Waals surface area contributed by atoms with Gasteiger partial charge < -0.3 is 10.0 Å². The first-order chi connectivity index (χ1) is 12.4. The normalized spacial score (nSPS) is 19.4. The Labute approximate surface area is 151 Å². The Hall–Kier alpha value is -2.95. The summed E-state index contributed by atoms with van der Waals surface area (Å²) >= 11 is 0. The highest BCUT2D eigenvalue weighted by Gasteiger charge is 2.46. The molecule has 0 radical (unpaired) electrons. The lowest BCUT2D eigenvalue weighted by molar-refractivity contribution is -0.140. The Morgan fingerprint density at radius 3 is 2.42 bits per heavy atom. The summed E-state index contributed by atoms with van der Waals surface area (Å²) in [6, 6.07) is 13.5. The summed E-state index contributed by atoms with van der Waals surface area (Å²) < 4.78 is 13.8. The summed E-state index contributed by atoms with van der Waals surface area (Å²) in [6.07, 6.45) is 0. The molecule has 1 aliphatic rings. The van der Waals surface area contributed by atoms with Crippen molar-refractivity contribution in [3.05, 3.63) is 77.1 Å². The molecule has 1 amide bonds. The van der Waals surface area contributed by atoms with Gasteiger partial charge in [-0.1, -0.05) is 56.3 Å². The molecule has 0 unspecified atom stereocenters. The van der Waals surface area contributed by atoms with Crippen molar-refractivity contribution in [1.82, 2.24) is 4.90 Å². The topological polar surface area (TPSA) is 57.6 Å². The van der Waals surface area contributed by atoms with Crippen LogP contribution in [-0.2, 0) is 9.59 Å². The van der Waals surface area contributed by atoms with E-state index >= 15 is 0 Å². The Kier molecular flexibility index (Phi) is 4.89. The number of amides is 1. The molecule has 2 aromatic carbocycles. The largest absolute Gasteiger partial charge is 0.507 e. The number of rotatable bonds is 4. The third kappa shape index (κ3) is 3.25. The number of hydrogen-bond acceptors (Lipinski definition) is 3. The van der Waals surface area contributed by atoms with Crippen LogP contribution in [0.1, 0.15) is 31.0 Å². The van der Waals surface area contributed by atoms with Crippen LogP contribution in [0.4, 0.5) is 4.39 Å². The standard InChI is InChI=1S/C21H20FNO3/c1-13(2)12-23-18(15-9-6-10-16(22)11-15)17(20(25)21(23)26)19(24)14-7-4-3-5-8-14/h3-11,13,18,24H,12H2,1-2H3/t18-/m1/s1. The lowest BCUT2D eigenvalue weighted by Crippen LogP contribution is -2.33. The molecule has 0 aromatic heterocycles. The Morgan fingerprint density at radius 2 is 1.81 bits per heavy atom. The van der Waals surface area contributed by atoms with E-state index in [-0.39, 0.29) is 17.3 Å². The molecule has 0 spiro atoms. The van der Waals surface area contributed by atoms with Gasteiger partial charge in [-0.2, -0.15) is 0 Å². The van der Waals surface area contributed by atoms with Crippen molar-refractivity contribution in [3.63, 3.8) is 0 Å². The maximum atomic E-state index is 13.8. The zero-order chi connectivity index (χ0) is 18.8. The molecule has 5 heteroatoms. The molecule has 134 valence electrons. The fourth-order valence-electron chi connectivity index (χ4n) is 3.24. The minimum atomic E-state index is -0.812. The van der Waals surface area contributed by atoms with Gasteiger partial charge in [0.15, 0.2) is 0 Å². The number of likely N-dealkylation sites (tertiary alicyclic amines) is 1. The smallest absolute Gasteiger partial charge is 0.295 e.